The Hall–Kier alpha value is -3.38. The molecule has 0 atom stereocenters. The summed E-state index contributed by atoms with van der Waals surface area (Å²) < 4.78 is 11.4. The molecule has 0 radical (unpaired) electrons. The minimum atomic E-state index is -0.319. The second-order valence-corrected chi connectivity index (χ2v) is 8.65. The van der Waals surface area contributed by atoms with Gasteiger partial charge in [-0.1, -0.05) is 29.8 Å². The molecule has 1 fully saturated rings. The number of hydrogen-bond donors (Lipinski definition) is 0. The predicted octanol–water partition coefficient (Wildman–Crippen LogP) is 5.07. The van der Waals surface area contributed by atoms with Gasteiger partial charge in [0.15, 0.2) is 0 Å². The number of esters is 1. The van der Waals surface area contributed by atoms with Crippen LogP contribution in [0.25, 0.3) is 0 Å². The highest BCUT2D eigenvalue weighted by molar-refractivity contribution is 5.94. The first kappa shape index (κ1) is 22.8. The van der Waals surface area contributed by atoms with Gasteiger partial charge in [0, 0.05) is 38.9 Å². The Bertz CT molecular complexity index is 1070. The number of benzene rings is 2. The molecule has 0 bridgehead atoms. The maximum Gasteiger partial charge on any atom is 0.342 e. The van der Waals surface area contributed by atoms with E-state index in [2.05, 4.69) is 33.8 Å². The van der Waals surface area contributed by atoms with Gasteiger partial charge in [0.1, 0.15) is 22.9 Å². The molecule has 0 N–H and O–H groups in total. The second-order valence-electron chi connectivity index (χ2n) is 8.65. The standard InChI is InChI=1S/C27H31N3O3/c1-20(2)32-27(31)25-8-5-13-28-26(25)30-16-14-29(15-17-30)19-22-6-4-7-24(18-22)33-23-11-9-21(3)10-12-23/h4-13,18,20H,14-17,19H2,1-3H3. The van der Waals surface area contributed by atoms with Crippen molar-refractivity contribution in [3.8, 4) is 11.5 Å². The summed E-state index contributed by atoms with van der Waals surface area (Å²) >= 11 is 0. The zero-order chi connectivity index (χ0) is 23.2. The molecule has 2 heterocycles. The highest BCUT2D eigenvalue weighted by Gasteiger charge is 2.23. The number of carbonyl (C=O) groups excluding carboxylic acids is 1. The number of pyridine rings is 1. The Morgan fingerprint density at radius 1 is 0.970 bits per heavy atom. The fraction of sp³-hybridized carbons (Fsp3) is 0.333. The number of aryl methyl sites for hydroxylation is 1. The van der Waals surface area contributed by atoms with Crippen LogP contribution in [0.1, 0.15) is 35.3 Å². The lowest BCUT2D eigenvalue weighted by molar-refractivity contribution is 0.0378. The zero-order valence-electron chi connectivity index (χ0n) is 19.5. The Balaban J connectivity index is 1.36. The van der Waals surface area contributed by atoms with Gasteiger partial charge in [0.2, 0.25) is 0 Å². The molecule has 1 saturated heterocycles. The van der Waals surface area contributed by atoms with E-state index in [9.17, 15) is 4.79 Å². The summed E-state index contributed by atoms with van der Waals surface area (Å²) in [6.45, 7) is 10.0. The lowest BCUT2D eigenvalue weighted by atomic mass is 10.1. The monoisotopic (exact) mass is 445 g/mol. The number of nitrogens with zero attached hydrogens (tertiary/aromatic N) is 3. The Labute approximate surface area is 195 Å². The van der Waals surface area contributed by atoms with Gasteiger partial charge in [0.05, 0.1) is 6.10 Å². The van der Waals surface area contributed by atoms with E-state index in [4.69, 9.17) is 9.47 Å². The molecule has 0 aliphatic carbocycles. The first-order valence-corrected chi connectivity index (χ1v) is 11.4. The van der Waals surface area contributed by atoms with E-state index in [-0.39, 0.29) is 12.1 Å². The third kappa shape index (κ3) is 6.11. The van der Waals surface area contributed by atoms with Gasteiger partial charge in [-0.15, -0.1) is 0 Å². The molecule has 2 aromatic carbocycles. The smallest absolute Gasteiger partial charge is 0.342 e. The van der Waals surface area contributed by atoms with Crippen LogP contribution < -0.4 is 9.64 Å². The number of carbonyl (C=O) groups is 1. The van der Waals surface area contributed by atoms with Crippen molar-refractivity contribution >= 4 is 11.8 Å². The molecule has 3 aromatic rings. The van der Waals surface area contributed by atoms with Crippen LogP contribution >= 0.6 is 0 Å². The summed E-state index contributed by atoms with van der Waals surface area (Å²) in [5, 5.41) is 0. The predicted molar refractivity (Wildman–Crippen MR) is 130 cm³/mol. The van der Waals surface area contributed by atoms with E-state index < -0.39 is 0 Å². The van der Waals surface area contributed by atoms with Crippen LogP contribution in [0, 0.1) is 6.92 Å². The van der Waals surface area contributed by atoms with E-state index in [1.807, 2.05) is 50.2 Å². The average Bonchev–Trinajstić information content (AvgIpc) is 2.81. The zero-order valence-corrected chi connectivity index (χ0v) is 19.5. The number of aromatic nitrogens is 1. The quantitative estimate of drug-likeness (QED) is 0.473. The minimum absolute atomic E-state index is 0.159. The number of piperazine rings is 1. The summed E-state index contributed by atoms with van der Waals surface area (Å²) in [5.74, 6) is 2.07. The Kier molecular flexibility index (Phi) is 7.25. The van der Waals surface area contributed by atoms with Crippen molar-refractivity contribution in [3.05, 3.63) is 83.6 Å². The first-order valence-electron chi connectivity index (χ1n) is 11.4. The number of rotatable bonds is 7. The fourth-order valence-corrected chi connectivity index (χ4v) is 3.91. The van der Waals surface area contributed by atoms with Gasteiger partial charge >= 0.3 is 5.97 Å². The lowest BCUT2D eigenvalue weighted by Gasteiger charge is -2.36. The lowest BCUT2D eigenvalue weighted by Crippen LogP contribution is -2.46. The van der Waals surface area contributed by atoms with Gasteiger partial charge in [-0.05, 0) is 62.7 Å². The van der Waals surface area contributed by atoms with Crippen molar-refractivity contribution < 1.29 is 14.3 Å². The Morgan fingerprint density at radius 3 is 2.45 bits per heavy atom. The molecule has 1 aliphatic heterocycles. The molecule has 0 saturated carbocycles. The Morgan fingerprint density at radius 2 is 1.73 bits per heavy atom. The van der Waals surface area contributed by atoms with Gasteiger partial charge in [-0.25, -0.2) is 9.78 Å². The van der Waals surface area contributed by atoms with Gasteiger partial charge < -0.3 is 14.4 Å². The number of ether oxygens (including phenoxy) is 2. The minimum Gasteiger partial charge on any atom is -0.459 e. The third-order valence-electron chi connectivity index (χ3n) is 5.58. The van der Waals surface area contributed by atoms with E-state index in [0.29, 0.717) is 11.4 Å². The van der Waals surface area contributed by atoms with Crippen LogP contribution in [0.4, 0.5) is 5.82 Å². The maximum absolute atomic E-state index is 12.5. The molecule has 6 heteroatoms. The molecule has 4 rings (SSSR count). The fourth-order valence-electron chi connectivity index (χ4n) is 3.91. The van der Waals surface area contributed by atoms with E-state index in [1.54, 1.807) is 18.3 Å². The molecular formula is C27H31N3O3. The summed E-state index contributed by atoms with van der Waals surface area (Å²) in [6, 6.07) is 19.9. The van der Waals surface area contributed by atoms with Crippen LogP contribution in [0.3, 0.4) is 0 Å². The third-order valence-corrected chi connectivity index (χ3v) is 5.58. The molecule has 0 unspecified atom stereocenters. The largest absolute Gasteiger partial charge is 0.459 e. The molecule has 1 aliphatic rings. The number of hydrogen-bond acceptors (Lipinski definition) is 6. The van der Waals surface area contributed by atoms with Gasteiger partial charge in [-0.3, -0.25) is 4.90 Å². The van der Waals surface area contributed by atoms with Crippen molar-refractivity contribution in [3.63, 3.8) is 0 Å². The van der Waals surface area contributed by atoms with E-state index in [1.165, 1.54) is 11.1 Å². The van der Waals surface area contributed by atoms with Crippen molar-refractivity contribution in [2.45, 2.75) is 33.4 Å². The summed E-state index contributed by atoms with van der Waals surface area (Å²) in [7, 11) is 0. The normalized spacial score (nSPS) is 14.4. The van der Waals surface area contributed by atoms with Crippen LogP contribution in [-0.2, 0) is 11.3 Å². The average molecular weight is 446 g/mol. The highest BCUT2D eigenvalue weighted by atomic mass is 16.5. The highest BCUT2D eigenvalue weighted by Crippen LogP contribution is 2.24. The van der Waals surface area contributed by atoms with Gasteiger partial charge in [0.25, 0.3) is 0 Å². The van der Waals surface area contributed by atoms with Crippen LogP contribution in [-0.4, -0.2) is 48.1 Å². The maximum atomic E-state index is 12.5. The van der Waals surface area contributed by atoms with Crippen molar-refractivity contribution in [1.82, 2.24) is 9.88 Å². The van der Waals surface area contributed by atoms with E-state index in [0.717, 1.165) is 44.2 Å². The number of anilines is 1. The summed E-state index contributed by atoms with van der Waals surface area (Å²) in [5.41, 5.74) is 2.96. The topological polar surface area (TPSA) is 54.9 Å². The van der Waals surface area contributed by atoms with Crippen molar-refractivity contribution in [2.24, 2.45) is 0 Å². The second kappa shape index (κ2) is 10.5. The summed E-state index contributed by atoms with van der Waals surface area (Å²) in [4.78, 5) is 21.6. The van der Waals surface area contributed by atoms with Crippen LogP contribution in [0.15, 0.2) is 66.9 Å². The van der Waals surface area contributed by atoms with Gasteiger partial charge in [-0.2, -0.15) is 0 Å². The molecule has 33 heavy (non-hydrogen) atoms. The molecule has 0 spiro atoms. The van der Waals surface area contributed by atoms with Crippen LogP contribution in [0.2, 0.25) is 0 Å². The summed E-state index contributed by atoms with van der Waals surface area (Å²) in [6.07, 6.45) is 1.57. The molecule has 172 valence electrons. The molecular weight excluding hydrogens is 414 g/mol. The molecule has 1 aromatic heterocycles. The van der Waals surface area contributed by atoms with Crippen molar-refractivity contribution in [2.75, 3.05) is 31.1 Å². The van der Waals surface area contributed by atoms with E-state index >= 15 is 0 Å². The SMILES string of the molecule is Cc1ccc(Oc2cccc(CN3CCN(c4ncccc4C(=O)OC(C)C)CC3)c2)cc1. The first-order chi connectivity index (χ1) is 16.0. The molecule has 0 amide bonds. The molecule has 6 nitrogen and oxygen atoms in total. The van der Waals surface area contributed by atoms with Crippen LogP contribution in [0.5, 0.6) is 11.5 Å². The van der Waals surface area contributed by atoms with Crippen molar-refractivity contribution in [1.29, 1.82) is 0 Å².